The number of fused-ring (bicyclic) bond motifs is 3. The number of aromatic nitrogens is 4. The second-order valence-corrected chi connectivity index (χ2v) is 9.40. The van der Waals surface area contributed by atoms with Crippen LogP contribution in [0.4, 0.5) is 11.8 Å². The van der Waals surface area contributed by atoms with Crippen molar-refractivity contribution in [1.82, 2.24) is 35.1 Å². The average molecular weight is 461 g/mol. The minimum Gasteiger partial charge on any atom is -0.354 e. The van der Waals surface area contributed by atoms with E-state index >= 15 is 0 Å². The zero-order valence-electron chi connectivity index (χ0n) is 19.1. The van der Waals surface area contributed by atoms with Crippen LogP contribution in [0.1, 0.15) is 59.0 Å². The van der Waals surface area contributed by atoms with Gasteiger partial charge >= 0.3 is 0 Å². The van der Waals surface area contributed by atoms with E-state index in [0.717, 1.165) is 56.2 Å². The first-order valence-corrected chi connectivity index (χ1v) is 12.0. The number of amides is 2. The zero-order chi connectivity index (χ0) is 23.2. The summed E-state index contributed by atoms with van der Waals surface area (Å²) in [5.41, 5.74) is 1.94. The van der Waals surface area contributed by atoms with E-state index < -0.39 is 0 Å². The van der Waals surface area contributed by atoms with Crippen LogP contribution in [0.25, 0.3) is 11.0 Å². The van der Waals surface area contributed by atoms with Crippen molar-refractivity contribution in [3.63, 3.8) is 0 Å². The Morgan fingerprint density at radius 1 is 1.12 bits per heavy atom. The predicted molar refractivity (Wildman–Crippen MR) is 127 cm³/mol. The van der Waals surface area contributed by atoms with Crippen LogP contribution in [0.5, 0.6) is 0 Å². The van der Waals surface area contributed by atoms with Gasteiger partial charge in [0, 0.05) is 56.0 Å². The number of likely N-dealkylation sites (tertiary alicyclic amines) is 1. The number of hydrogen-bond acceptors (Lipinski definition) is 7. The molecule has 10 heteroatoms. The van der Waals surface area contributed by atoms with E-state index in [2.05, 4.69) is 30.5 Å². The highest BCUT2D eigenvalue weighted by Crippen LogP contribution is 2.34. The van der Waals surface area contributed by atoms with E-state index in [-0.39, 0.29) is 23.9 Å². The molecule has 2 unspecified atom stereocenters. The number of carbonyl (C=O) groups excluding carboxylic acids is 2. The summed E-state index contributed by atoms with van der Waals surface area (Å²) in [6.07, 6.45) is 8.74. The van der Waals surface area contributed by atoms with Gasteiger partial charge in [-0.3, -0.25) is 9.59 Å². The van der Waals surface area contributed by atoms with Crippen LogP contribution in [0.2, 0.25) is 0 Å². The molecule has 3 aromatic rings. The van der Waals surface area contributed by atoms with Crippen molar-refractivity contribution in [1.29, 1.82) is 0 Å². The molecule has 0 radical (unpaired) electrons. The highest BCUT2D eigenvalue weighted by Gasteiger charge is 2.40. The summed E-state index contributed by atoms with van der Waals surface area (Å²) in [4.78, 5) is 40.9. The molecule has 0 aromatic carbocycles. The third-order valence-corrected chi connectivity index (χ3v) is 7.29. The number of nitrogens with zero attached hydrogens (tertiary/aromatic N) is 5. The van der Waals surface area contributed by atoms with Crippen molar-refractivity contribution in [2.45, 2.75) is 50.2 Å². The molecule has 1 saturated carbocycles. The maximum Gasteiger partial charge on any atom is 0.267 e. The van der Waals surface area contributed by atoms with Crippen LogP contribution in [-0.2, 0) is 0 Å². The molecule has 176 valence electrons. The molecule has 3 aromatic heterocycles. The van der Waals surface area contributed by atoms with Crippen LogP contribution in [0, 0.1) is 0 Å². The molecule has 3 aliphatic rings. The number of anilines is 2. The normalized spacial score (nSPS) is 22.0. The highest BCUT2D eigenvalue weighted by atomic mass is 16.2. The van der Waals surface area contributed by atoms with Crippen molar-refractivity contribution in [3.05, 3.63) is 41.9 Å². The van der Waals surface area contributed by atoms with Gasteiger partial charge in [0.1, 0.15) is 17.2 Å². The third kappa shape index (κ3) is 3.58. The van der Waals surface area contributed by atoms with Gasteiger partial charge in [-0.15, -0.1) is 0 Å². The molecular formula is C24H28N8O2. The molecule has 34 heavy (non-hydrogen) atoms. The van der Waals surface area contributed by atoms with Crippen LogP contribution >= 0.6 is 0 Å². The topological polar surface area (TPSA) is 117 Å². The van der Waals surface area contributed by atoms with Gasteiger partial charge in [0.05, 0.1) is 5.56 Å². The molecule has 2 saturated heterocycles. The van der Waals surface area contributed by atoms with Crippen molar-refractivity contribution >= 4 is 34.6 Å². The molecular weight excluding hydrogens is 432 g/mol. The lowest BCUT2D eigenvalue weighted by molar-refractivity contribution is 0.0715. The van der Waals surface area contributed by atoms with Gasteiger partial charge in [0.2, 0.25) is 5.95 Å². The number of carbonyl (C=O) groups is 2. The minimum atomic E-state index is -0.122. The van der Waals surface area contributed by atoms with E-state index in [1.54, 1.807) is 31.6 Å². The largest absolute Gasteiger partial charge is 0.354 e. The Balaban J connectivity index is 1.24. The second-order valence-electron chi connectivity index (χ2n) is 9.40. The van der Waals surface area contributed by atoms with Gasteiger partial charge in [-0.25, -0.2) is 9.97 Å². The molecule has 6 rings (SSSR count). The van der Waals surface area contributed by atoms with Gasteiger partial charge in [-0.05, 0) is 37.5 Å². The summed E-state index contributed by atoms with van der Waals surface area (Å²) < 4.78 is 2.06. The van der Waals surface area contributed by atoms with Gasteiger partial charge in [0.25, 0.3) is 11.8 Å². The number of hydrogen-bond donors (Lipinski definition) is 3. The maximum atomic E-state index is 12.9. The minimum absolute atomic E-state index is 0.0295. The Morgan fingerprint density at radius 2 is 1.97 bits per heavy atom. The molecule has 3 N–H and O–H groups in total. The third-order valence-electron chi connectivity index (χ3n) is 7.29. The summed E-state index contributed by atoms with van der Waals surface area (Å²) in [5, 5.41) is 10.1. The molecule has 2 bridgehead atoms. The van der Waals surface area contributed by atoms with Gasteiger partial charge in [-0.2, -0.15) is 4.98 Å². The molecule has 1 aliphatic carbocycles. The first kappa shape index (κ1) is 21.0. The Labute approximate surface area is 197 Å². The maximum absolute atomic E-state index is 12.9. The molecule has 0 spiro atoms. The van der Waals surface area contributed by atoms with Gasteiger partial charge in [0.15, 0.2) is 0 Å². The molecule has 3 fully saturated rings. The summed E-state index contributed by atoms with van der Waals surface area (Å²) in [6, 6.07) is 6.38. The van der Waals surface area contributed by atoms with Crippen LogP contribution < -0.4 is 16.0 Å². The Morgan fingerprint density at radius 3 is 2.65 bits per heavy atom. The van der Waals surface area contributed by atoms with Gasteiger partial charge < -0.3 is 25.4 Å². The van der Waals surface area contributed by atoms with Crippen LogP contribution in [-0.4, -0.2) is 68.5 Å². The van der Waals surface area contributed by atoms with Crippen molar-refractivity contribution in [2.24, 2.45) is 0 Å². The van der Waals surface area contributed by atoms with Crippen molar-refractivity contribution < 1.29 is 9.59 Å². The van der Waals surface area contributed by atoms with E-state index in [4.69, 9.17) is 4.98 Å². The smallest absolute Gasteiger partial charge is 0.267 e. The number of pyridine rings is 1. The molecule has 5 heterocycles. The lowest BCUT2D eigenvalue weighted by Crippen LogP contribution is -2.46. The Bertz CT molecular complexity index is 1250. The van der Waals surface area contributed by atoms with E-state index in [1.165, 1.54) is 0 Å². The number of rotatable bonds is 5. The van der Waals surface area contributed by atoms with Crippen molar-refractivity contribution in [3.8, 4) is 0 Å². The van der Waals surface area contributed by atoms with Gasteiger partial charge in [-0.1, -0.05) is 12.8 Å². The zero-order valence-corrected chi connectivity index (χ0v) is 19.1. The molecule has 2 amide bonds. The van der Waals surface area contributed by atoms with E-state index in [0.29, 0.717) is 29.1 Å². The highest BCUT2D eigenvalue weighted by molar-refractivity contribution is 5.98. The fourth-order valence-electron chi connectivity index (χ4n) is 5.59. The second kappa shape index (κ2) is 8.35. The van der Waals surface area contributed by atoms with Crippen molar-refractivity contribution in [2.75, 3.05) is 25.5 Å². The quantitative estimate of drug-likeness (QED) is 0.535. The fraction of sp³-hybridized carbons (Fsp3) is 0.458. The monoisotopic (exact) mass is 460 g/mol. The summed E-state index contributed by atoms with van der Waals surface area (Å²) in [7, 11) is 1.64. The summed E-state index contributed by atoms with van der Waals surface area (Å²) in [6.45, 7) is 1.63. The molecule has 2 aliphatic heterocycles. The lowest BCUT2D eigenvalue weighted by atomic mass is 10.2. The standard InChI is InChI=1S/C24H28N8O2/c1-25-22(33)19-8-15-11-28-24(30-21(15)32(19)17-4-2-3-5-17)29-20-7-6-14(10-27-20)23(34)31-13-16-9-18(31)12-26-16/h6-8,10-11,16-18,26H,2-5,9,12-13H2,1H3,(H,25,33)(H,27,28,29,30). The fourth-order valence-corrected chi connectivity index (χ4v) is 5.59. The predicted octanol–water partition coefficient (Wildman–Crippen LogP) is 2.23. The number of piperazine rings is 1. The van der Waals surface area contributed by atoms with Crippen LogP contribution in [0.3, 0.4) is 0 Å². The first-order chi connectivity index (χ1) is 16.6. The average Bonchev–Trinajstić information content (AvgIpc) is 3.67. The number of nitrogens with one attached hydrogen (secondary N) is 3. The Hall–Kier alpha value is -3.53. The van der Waals surface area contributed by atoms with E-state index in [1.807, 2.05) is 11.0 Å². The Kier molecular flexibility index (Phi) is 5.17. The summed E-state index contributed by atoms with van der Waals surface area (Å²) in [5.74, 6) is 0.874. The summed E-state index contributed by atoms with van der Waals surface area (Å²) >= 11 is 0. The molecule has 2 atom stereocenters. The molecule has 10 nitrogen and oxygen atoms in total. The first-order valence-electron chi connectivity index (χ1n) is 12.0. The SMILES string of the molecule is CNC(=O)c1cc2cnc(Nc3ccc(C(=O)N4CC5CC4CN5)cn3)nc2n1C1CCCC1. The van der Waals surface area contributed by atoms with Crippen LogP contribution in [0.15, 0.2) is 30.6 Å². The lowest BCUT2D eigenvalue weighted by Gasteiger charge is -2.27. The van der Waals surface area contributed by atoms with E-state index in [9.17, 15) is 9.59 Å².